The minimum absolute atomic E-state index is 0.221. The van der Waals surface area contributed by atoms with Crippen LogP contribution >= 0.6 is 0 Å². The first-order chi connectivity index (χ1) is 15.9. The van der Waals surface area contributed by atoms with Crippen LogP contribution in [0.3, 0.4) is 0 Å². The fourth-order valence-electron chi connectivity index (χ4n) is 3.50. The number of nitrogens with two attached hydrogens (primary N) is 1. The Hall–Kier alpha value is -3.10. The van der Waals surface area contributed by atoms with Crippen molar-refractivity contribution >= 4 is 23.8 Å². The molecule has 1 aromatic rings. The second-order valence-electron chi connectivity index (χ2n) is 10.9. The Morgan fingerprint density at radius 2 is 1.63 bits per heavy atom. The van der Waals surface area contributed by atoms with E-state index in [9.17, 15) is 19.2 Å². The molecule has 0 bridgehead atoms. The molecule has 1 rings (SSSR count). The summed E-state index contributed by atoms with van der Waals surface area (Å²) in [6.07, 6.45) is -0.736. The van der Waals surface area contributed by atoms with Gasteiger partial charge in [-0.2, -0.15) is 0 Å². The highest BCUT2D eigenvalue weighted by atomic mass is 16.6. The molecule has 4 N–H and O–H groups in total. The molecule has 0 radical (unpaired) electrons. The van der Waals surface area contributed by atoms with Crippen LogP contribution in [0.15, 0.2) is 18.2 Å². The molecule has 0 saturated carbocycles. The third-order valence-corrected chi connectivity index (χ3v) is 5.05. The molecule has 2 unspecified atom stereocenters. The van der Waals surface area contributed by atoms with Gasteiger partial charge in [0.15, 0.2) is 0 Å². The van der Waals surface area contributed by atoms with Crippen molar-refractivity contribution in [2.75, 3.05) is 6.54 Å². The normalized spacial score (nSPS) is 13.4. The van der Waals surface area contributed by atoms with E-state index in [1.54, 1.807) is 20.8 Å². The van der Waals surface area contributed by atoms with Crippen LogP contribution in [0.5, 0.6) is 0 Å². The molecule has 0 aliphatic carbocycles. The first-order valence-electron chi connectivity index (χ1n) is 11.9. The van der Waals surface area contributed by atoms with Crippen molar-refractivity contribution in [3.8, 4) is 0 Å². The summed E-state index contributed by atoms with van der Waals surface area (Å²) in [6, 6.07) is 3.33. The molecule has 9 heteroatoms. The van der Waals surface area contributed by atoms with Crippen LogP contribution in [-0.2, 0) is 19.1 Å². The van der Waals surface area contributed by atoms with Crippen LogP contribution in [0.25, 0.3) is 0 Å². The van der Waals surface area contributed by atoms with E-state index >= 15 is 0 Å². The zero-order chi connectivity index (χ0) is 27.1. The Balaban J connectivity index is 3.52. The van der Waals surface area contributed by atoms with E-state index < -0.39 is 47.6 Å². The standard InChI is InChI=1S/C26H42N4O5/c1-10-13-30(23(33)19(15-20(27)31)28-24(34)35-26(7,8)9)21(22(32)29-25(4,5)6)18-12-11-16(2)17(3)14-18/h11-12,14,19,21H,10,13,15H2,1-9H3,(H2,27,31)(H,28,34)(H,29,32). The second-order valence-corrected chi connectivity index (χ2v) is 10.9. The van der Waals surface area contributed by atoms with Gasteiger partial charge in [0.1, 0.15) is 17.7 Å². The molecule has 1 aromatic carbocycles. The van der Waals surface area contributed by atoms with E-state index in [-0.39, 0.29) is 12.5 Å². The van der Waals surface area contributed by atoms with Crippen LogP contribution in [0.2, 0.25) is 0 Å². The summed E-state index contributed by atoms with van der Waals surface area (Å²) in [5.74, 6) is -1.72. The van der Waals surface area contributed by atoms with E-state index in [0.29, 0.717) is 12.0 Å². The first kappa shape index (κ1) is 29.9. The number of hydrogen-bond donors (Lipinski definition) is 3. The molecular weight excluding hydrogens is 448 g/mol. The minimum Gasteiger partial charge on any atom is -0.444 e. The van der Waals surface area contributed by atoms with Crippen LogP contribution < -0.4 is 16.4 Å². The van der Waals surface area contributed by atoms with Gasteiger partial charge in [0, 0.05) is 12.1 Å². The van der Waals surface area contributed by atoms with Crippen molar-refractivity contribution in [3.05, 3.63) is 34.9 Å². The molecule has 4 amide bonds. The maximum absolute atomic E-state index is 13.8. The quantitative estimate of drug-likeness (QED) is 0.489. The van der Waals surface area contributed by atoms with Gasteiger partial charge >= 0.3 is 6.09 Å². The number of carbonyl (C=O) groups is 4. The average Bonchev–Trinajstić information content (AvgIpc) is 2.66. The molecule has 0 spiro atoms. The number of primary amides is 1. The van der Waals surface area contributed by atoms with Crippen LogP contribution in [0.4, 0.5) is 4.79 Å². The smallest absolute Gasteiger partial charge is 0.408 e. The second kappa shape index (κ2) is 12.0. The molecule has 35 heavy (non-hydrogen) atoms. The number of amides is 4. The average molecular weight is 491 g/mol. The molecule has 0 aliphatic heterocycles. The van der Waals surface area contributed by atoms with Gasteiger partial charge in [-0.05, 0) is 78.5 Å². The van der Waals surface area contributed by atoms with E-state index in [4.69, 9.17) is 10.5 Å². The highest BCUT2D eigenvalue weighted by molar-refractivity contribution is 5.94. The lowest BCUT2D eigenvalue weighted by molar-refractivity contribution is -0.144. The Labute approximate surface area is 209 Å². The Kier molecular flexibility index (Phi) is 10.3. The molecule has 2 atom stereocenters. The minimum atomic E-state index is -1.29. The summed E-state index contributed by atoms with van der Waals surface area (Å²) in [5.41, 5.74) is 6.70. The van der Waals surface area contributed by atoms with Gasteiger partial charge in [0.25, 0.3) is 0 Å². The zero-order valence-electron chi connectivity index (χ0n) is 22.6. The van der Waals surface area contributed by atoms with Crippen LogP contribution in [0, 0.1) is 13.8 Å². The van der Waals surface area contributed by atoms with Gasteiger partial charge in [-0.15, -0.1) is 0 Å². The van der Waals surface area contributed by atoms with Gasteiger partial charge in [-0.25, -0.2) is 4.79 Å². The van der Waals surface area contributed by atoms with E-state index in [1.807, 2.05) is 59.7 Å². The number of aryl methyl sites for hydroxylation is 2. The van der Waals surface area contributed by atoms with Crippen molar-refractivity contribution in [2.45, 2.75) is 98.4 Å². The fraction of sp³-hybridized carbons (Fsp3) is 0.615. The Bertz CT molecular complexity index is 931. The van der Waals surface area contributed by atoms with Crippen LogP contribution in [0.1, 0.15) is 84.0 Å². The lowest BCUT2D eigenvalue weighted by Crippen LogP contribution is -2.55. The number of nitrogens with one attached hydrogen (secondary N) is 2. The highest BCUT2D eigenvalue weighted by Gasteiger charge is 2.37. The number of hydrogen-bond acceptors (Lipinski definition) is 5. The summed E-state index contributed by atoms with van der Waals surface area (Å²) < 4.78 is 5.27. The lowest BCUT2D eigenvalue weighted by atomic mass is 9.97. The van der Waals surface area contributed by atoms with E-state index in [2.05, 4.69) is 10.6 Å². The van der Waals surface area contributed by atoms with Gasteiger partial charge in [0.05, 0.1) is 6.42 Å². The van der Waals surface area contributed by atoms with Gasteiger partial charge in [-0.3, -0.25) is 14.4 Å². The predicted octanol–water partition coefficient (Wildman–Crippen LogP) is 3.27. The van der Waals surface area contributed by atoms with Gasteiger partial charge in [0.2, 0.25) is 17.7 Å². The van der Waals surface area contributed by atoms with Crippen molar-refractivity contribution in [1.29, 1.82) is 0 Å². The van der Waals surface area contributed by atoms with Crippen LogP contribution in [-0.4, -0.2) is 52.4 Å². The van der Waals surface area contributed by atoms with Crippen molar-refractivity contribution in [3.63, 3.8) is 0 Å². The Morgan fingerprint density at radius 3 is 2.09 bits per heavy atom. The number of nitrogens with zero attached hydrogens (tertiary/aromatic N) is 1. The summed E-state index contributed by atoms with van der Waals surface area (Å²) in [7, 11) is 0. The molecule has 0 fully saturated rings. The predicted molar refractivity (Wildman–Crippen MR) is 136 cm³/mol. The largest absolute Gasteiger partial charge is 0.444 e. The highest BCUT2D eigenvalue weighted by Crippen LogP contribution is 2.26. The summed E-state index contributed by atoms with van der Waals surface area (Å²) in [6.45, 7) is 16.6. The van der Waals surface area contributed by atoms with Gasteiger partial charge in [-0.1, -0.05) is 25.1 Å². The van der Waals surface area contributed by atoms with Crippen molar-refractivity contribution in [2.24, 2.45) is 5.73 Å². The molecular formula is C26H42N4O5. The molecule has 0 aliphatic rings. The fourth-order valence-corrected chi connectivity index (χ4v) is 3.50. The monoisotopic (exact) mass is 490 g/mol. The maximum atomic E-state index is 13.8. The number of rotatable bonds is 9. The van der Waals surface area contributed by atoms with Crippen molar-refractivity contribution < 1.29 is 23.9 Å². The number of carbonyl (C=O) groups excluding carboxylic acids is 4. The van der Waals surface area contributed by atoms with Crippen molar-refractivity contribution in [1.82, 2.24) is 15.5 Å². The third kappa shape index (κ3) is 9.96. The number of benzene rings is 1. The molecule has 0 aromatic heterocycles. The number of ether oxygens (including phenoxy) is 1. The van der Waals surface area contributed by atoms with E-state index in [1.165, 1.54) is 4.90 Å². The zero-order valence-corrected chi connectivity index (χ0v) is 22.6. The molecule has 0 heterocycles. The first-order valence-corrected chi connectivity index (χ1v) is 11.9. The molecule has 0 saturated heterocycles. The van der Waals surface area contributed by atoms with Gasteiger partial charge < -0.3 is 26.0 Å². The SMILES string of the molecule is CCCN(C(=O)C(CC(N)=O)NC(=O)OC(C)(C)C)C(C(=O)NC(C)(C)C)c1ccc(C)c(C)c1. The summed E-state index contributed by atoms with van der Waals surface area (Å²) >= 11 is 0. The molecule has 9 nitrogen and oxygen atoms in total. The lowest BCUT2D eigenvalue weighted by Gasteiger charge is -2.36. The summed E-state index contributed by atoms with van der Waals surface area (Å²) in [5, 5.41) is 5.43. The summed E-state index contributed by atoms with van der Waals surface area (Å²) in [4.78, 5) is 52.9. The Morgan fingerprint density at radius 1 is 1.03 bits per heavy atom. The third-order valence-electron chi connectivity index (χ3n) is 5.05. The molecule has 196 valence electrons. The number of alkyl carbamates (subject to hydrolysis) is 1. The topological polar surface area (TPSA) is 131 Å². The van der Waals surface area contributed by atoms with E-state index in [0.717, 1.165) is 11.1 Å². The maximum Gasteiger partial charge on any atom is 0.408 e.